The Hall–Kier alpha value is -2.42. The van der Waals surface area contributed by atoms with Crippen LogP contribution >= 0.6 is 11.6 Å². The lowest BCUT2D eigenvalue weighted by molar-refractivity contribution is -0.910. The number of carbonyl (C=O) groups excluding carboxylic acids is 1. The highest BCUT2D eigenvalue weighted by Gasteiger charge is 2.27. The summed E-state index contributed by atoms with van der Waals surface area (Å²) in [6, 6.07) is 12.7. The van der Waals surface area contributed by atoms with Gasteiger partial charge < -0.3 is 10.2 Å². The maximum Gasteiger partial charge on any atom is 0.292 e. The van der Waals surface area contributed by atoms with Crippen molar-refractivity contribution >= 4 is 38.5 Å². The Kier molecular flexibility index (Phi) is 5.09. The third-order valence-corrected chi connectivity index (χ3v) is 6.88. The molecule has 1 amide bonds. The number of anilines is 1. The molecule has 1 saturated heterocycles. The first-order chi connectivity index (χ1) is 13.4. The van der Waals surface area contributed by atoms with E-state index < -0.39 is 9.84 Å². The van der Waals surface area contributed by atoms with Crippen LogP contribution in [-0.2, 0) is 16.4 Å². The van der Waals surface area contributed by atoms with Gasteiger partial charge in [-0.3, -0.25) is 9.20 Å². The van der Waals surface area contributed by atoms with Crippen molar-refractivity contribution in [2.45, 2.75) is 6.54 Å². The van der Waals surface area contributed by atoms with Gasteiger partial charge >= 0.3 is 0 Å². The zero-order valence-electron chi connectivity index (χ0n) is 15.1. The van der Waals surface area contributed by atoms with Crippen molar-refractivity contribution in [1.82, 2.24) is 9.38 Å². The van der Waals surface area contributed by atoms with Gasteiger partial charge in [-0.15, -0.1) is 0 Å². The lowest BCUT2D eigenvalue weighted by Gasteiger charge is -2.22. The van der Waals surface area contributed by atoms with Crippen molar-refractivity contribution in [3.63, 3.8) is 0 Å². The van der Waals surface area contributed by atoms with Crippen LogP contribution in [0.4, 0.5) is 5.69 Å². The fourth-order valence-electron chi connectivity index (χ4n) is 3.37. The predicted octanol–water partition coefficient (Wildman–Crippen LogP) is 1.05. The minimum Gasteiger partial charge on any atom is -0.328 e. The van der Waals surface area contributed by atoms with E-state index in [1.807, 2.05) is 18.2 Å². The van der Waals surface area contributed by atoms with E-state index >= 15 is 0 Å². The van der Waals surface area contributed by atoms with Gasteiger partial charge in [0.15, 0.2) is 9.84 Å². The number of quaternary nitrogens is 1. The fourth-order valence-corrected chi connectivity index (χ4v) is 4.96. The summed E-state index contributed by atoms with van der Waals surface area (Å²) in [6.45, 7) is 1.67. The molecule has 0 atom stereocenters. The molecule has 1 aliphatic heterocycles. The van der Waals surface area contributed by atoms with E-state index in [1.54, 1.807) is 34.9 Å². The highest BCUT2D eigenvalue weighted by atomic mass is 35.5. The van der Waals surface area contributed by atoms with Gasteiger partial charge in [-0.2, -0.15) is 0 Å². The number of rotatable bonds is 4. The molecule has 1 aromatic carbocycles. The number of sulfone groups is 1. The lowest BCUT2D eigenvalue weighted by Crippen LogP contribution is -3.13. The molecule has 3 heterocycles. The van der Waals surface area contributed by atoms with Crippen molar-refractivity contribution < 1.29 is 18.1 Å². The molecule has 2 aromatic heterocycles. The summed E-state index contributed by atoms with van der Waals surface area (Å²) >= 11 is 6.14. The molecule has 0 aliphatic carbocycles. The zero-order valence-corrected chi connectivity index (χ0v) is 16.6. The van der Waals surface area contributed by atoms with Gasteiger partial charge in [0, 0.05) is 6.20 Å². The maximum absolute atomic E-state index is 12.8. The number of aromatic nitrogens is 2. The number of benzene rings is 1. The third-order valence-electron chi connectivity index (χ3n) is 4.90. The largest absolute Gasteiger partial charge is 0.328 e. The molecule has 1 aliphatic rings. The van der Waals surface area contributed by atoms with Crippen LogP contribution in [0.1, 0.15) is 16.3 Å². The fraction of sp³-hybridized carbons (Fsp3) is 0.263. The highest BCUT2D eigenvalue weighted by Crippen LogP contribution is 2.21. The second-order valence-electron chi connectivity index (χ2n) is 6.85. The normalized spacial score (nSPS) is 16.9. The van der Waals surface area contributed by atoms with Gasteiger partial charge in [0.25, 0.3) is 5.91 Å². The van der Waals surface area contributed by atoms with Crippen LogP contribution in [0.2, 0.25) is 5.02 Å². The smallest absolute Gasteiger partial charge is 0.292 e. The standard InChI is InChI=1S/C19H19ClN4O3S/c20-14-5-1-2-6-15(14)22-19(25)18-21-16(17-7-3-4-8-24(17)18)13-23-9-11-28(26,27)12-10-23/h1-8H,9-13H2,(H,22,25)/p+1. The third kappa shape index (κ3) is 3.89. The number of fused-ring (bicyclic) bond motifs is 1. The second-order valence-corrected chi connectivity index (χ2v) is 9.56. The van der Waals surface area contributed by atoms with Crippen molar-refractivity contribution in [3.8, 4) is 0 Å². The average molecular weight is 420 g/mol. The summed E-state index contributed by atoms with van der Waals surface area (Å²) in [5.74, 6) is 0.299. The van der Waals surface area contributed by atoms with Gasteiger partial charge in [-0.1, -0.05) is 29.8 Å². The Labute approximate surface area is 167 Å². The van der Waals surface area contributed by atoms with Crippen molar-refractivity contribution in [2.75, 3.05) is 29.9 Å². The van der Waals surface area contributed by atoms with Crippen LogP contribution in [0.3, 0.4) is 0 Å². The Morgan fingerprint density at radius 1 is 1.14 bits per heavy atom. The molecule has 0 spiro atoms. The van der Waals surface area contributed by atoms with E-state index in [9.17, 15) is 13.2 Å². The molecule has 0 radical (unpaired) electrons. The van der Waals surface area contributed by atoms with Crippen LogP contribution in [0, 0.1) is 0 Å². The molecule has 0 saturated carbocycles. The first-order valence-corrected chi connectivity index (χ1v) is 11.2. The van der Waals surface area contributed by atoms with E-state index in [1.165, 1.54) is 0 Å². The molecule has 2 N–H and O–H groups in total. The second kappa shape index (κ2) is 7.54. The van der Waals surface area contributed by atoms with Gasteiger partial charge in [-0.05, 0) is 24.3 Å². The van der Waals surface area contributed by atoms with Crippen molar-refractivity contribution in [1.29, 1.82) is 0 Å². The predicted molar refractivity (Wildman–Crippen MR) is 108 cm³/mol. The number of pyridine rings is 1. The van der Waals surface area contributed by atoms with E-state index in [4.69, 9.17) is 11.6 Å². The molecule has 1 fully saturated rings. The SMILES string of the molecule is O=C(Nc1ccccc1Cl)c1nc(C[NH+]2CCS(=O)(=O)CC2)c2ccccn12. The number of para-hydroxylation sites is 1. The molecular formula is C19H20ClN4O3S+. The highest BCUT2D eigenvalue weighted by molar-refractivity contribution is 7.91. The maximum atomic E-state index is 12.8. The summed E-state index contributed by atoms with van der Waals surface area (Å²) < 4.78 is 25.1. The first kappa shape index (κ1) is 18.9. The van der Waals surface area contributed by atoms with Crippen LogP contribution in [0.5, 0.6) is 0 Å². The van der Waals surface area contributed by atoms with Crippen molar-refractivity contribution in [2.24, 2.45) is 0 Å². The summed E-state index contributed by atoms with van der Waals surface area (Å²) in [6.07, 6.45) is 1.79. The van der Waals surface area contributed by atoms with Gasteiger partial charge in [-0.25, -0.2) is 13.4 Å². The molecule has 28 heavy (non-hydrogen) atoms. The minimum absolute atomic E-state index is 0.188. The Morgan fingerprint density at radius 3 is 2.61 bits per heavy atom. The number of carbonyl (C=O) groups is 1. The molecule has 146 valence electrons. The number of imidazole rings is 1. The summed E-state index contributed by atoms with van der Waals surface area (Å²) in [4.78, 5) is 18.6. The van der Waals surface area contributed by atoms with E-state index in [0.717, 1.165) is 16.1 Å². The van der Waals surface area contributed by atoms with E-state index in [2.05, 4.69) is 10.3 Å². The molecular weight excluding hydrogens is 400 g/mol. The number of halogens is 1. The van der Waals surface area contributed by atoms with Gasteiger partial charge in [0.05, 0.1) is 40.8 Å². The summed E-state index contributed by atoms with van der Waals surface area (Å²) in [7, 11) is -2.92. The van der Waals surface area contributed by atoms with Crippen molar-refractivity contribution in [3.05, 3.63) is 65.2 Å². The van der Waals surface area contributed by atoms with Crippen LogP contribution < -0.4 is 10.2 Å². The number of nitrogens with zero attached hydrogens (tertiary/aromatic N) is 2. The lowest BCUT2D eigenvalue weighted by atomic mass is 10.3. The minimum atomic E-state index is -2.92. The first-order valence-electron chi connectivity index (χ1n) is 8.99. The summed E-state index contributed by atoms with van der Waals surface area (Å²) in [5, 5.41) is 3.26. The average Bonchev–Trinajstić information content (AvgIpc) is 3.04. The Bertz CT molecular complexity index is 1130. The summed E-state index contributed by atoms with van der Waals surface area (Å²) in [5.41, 5.74) is 2.14. The number of amides is 1. The Morgan fingerprint density at radius 2 is 1.86 bits per heavy atom. The molecule has 9 heteroatoms. The molecule has 7 nitrogen and oxygen atoms in total. The molecule has 0 bridgehead atoms. The quantitative estimate of drug-likeness (QED) is 0.662. The number of hydrogen-bond donors (Lipinski definition) is 2. The van der Waals surface area contributed by atoms with Crippen LogP contribution in [0.15, 0.2) is 48.7 Å². The monoisotopic (exact) mass is 419 g/mol. The number of nitrogens with one attached hydrogen (secondary N) is 2. The zero-order chi connectivity index (χ0) is 19.7. The van der Waals surface area contributed by atoms with Gasteiger partial charge in [0.2, 0.25) is 5.82 Å². The van der Waals surface area contributed by atoms with E-state index in [-0.39, 0.29) is 23.2 Å². The number of hydrogen-bond acceptors (Lipinski definition) is 4. The van der Waals surface area contributed by atoms with Gasteiger partial charge in [0.1, 0.15) is 12.2 Å². The Balaban J connectivity index is 1.61. The molecule has 0 unspecified atom stereocenters. The topological polar surface area (TPSA) is 85.0 Å². The van der Waals surface area contributed by atoms with Crippen LogP contribution in [-0.4, -0.2) is 48.3 Å². The molecule has 4 rings (SSSR count). The molecule has 3 aromatic rings. The van der Waals surface area contributed by atoms with E-state index in [0.29, 0.717) is 30.3 Å². The van der Waals surface area contributed by atoms with Crippen LogP contribution in [0.25, 0.3) is 5.52 Å².